The molecule has 0 bridgehead atoms. The maximum Gasteiger partial charge on any atom is 0.387 e. The van der Waals surface area contributed by atoms with Gasteiger partial charge in [0, 0.05) is 12.1 Å². The molecule has 0 saturated heterocycles. The molecule has 0 fully saturated rings. The third-order valence-electron chi connectivity index (χ3n) is 2.68. The van der Waals surface area contributed by atoms with Crippen molar-refractivity contribution in [2.24, 2.45) is 16.6 Å². The first-order chi connectivity index (χ1) is 10.4. The predicted molar refractivity (Wildman–Crippen MR) is 82.4 cm³/mol. The second-order valence-electron chi connectivity index (χ2n) is 5.03. The van der Waals surface area contributed by atoms with Crippen molar-refractivity contribution >= 4 is 5.96 Å². The van der Waals surface area contributed by atoms with Crippen LogP contribution in [0.15, 0.2) is 23.2 Å². The summed E-state index contributed by atoms with van der Waals surface area (Å²) in [4.78, 5) is 4.14. The van der Waals surface area contributed by atoms with Gasteiger partial charge in [-0.05, 0) is 18.9 Å². The summed E-state index contributed by atoms with van der Waals surface area (Å²) in [6, 6.07) is 4.93. The zero-order valence-corrected chi connectivity index (χ0v) is 13.1. The first-order valence-corrected chi connectivity index (χ1v) is 7.17. The van der Waals surface area contributed by atoms with Crippen LogP contribution in [-0.4, -0.2) is 25.7 Å². The van der Waals surface area contributed by atoms with Gasteiger partial charge in [0.15, 0.2) is 17.5 Å². The SMILES string of the molecule is CCOc1cccc(CN=C(N)NCC(C)C)c1OC(F)F. The van der Waals surface area contributed by atoms with Crippen molar-refractivity contribution in [3.05, 3.63) is 23.8 Å². The minimum atomic E-state index is -2.93. The molecule has 1 aromatic carbocycles. The highest BCUT2D eigenvalue weighted by Crippen LogP contribution is 2.33. The second kappa shape index (κ2) is 9.07. The molecule has 0 spiro atoms. The standard InChI is InChI=1S/C15H23F2N3O2/c1-4-21-12-7-5-6-11(13(12)22-14(16)17)9-20-15(18)19-8-10(2)3/h5-7,10,14H,4,8-9H2,1-3H3,(H3,18,19,20). The lowest BCUT2D eigenvalue weighted by atomic mass is 10.2. The van der Waals surface area contributed by atoms with Gasteiger partial charge in [0.1, 0.15) is 0 Å². The van der Waals surface area contributed by atoms with Crippen LogP contribution in [-0.2, 0) is 6.54 Å². The summed E-state index contributed by atoms with van der Waals surface area (Å²) in [7, 11) is 0. The lowest BCUT2D eigenvalue weighted by Gasteiger charge is -2.14. The van der Waals surface area contributed by atoms with Crippen LogP contribution in [0.2, 0.25) is 0 Å². The van der Waals surface area contributed by atoms with E-state index in [-0.39, 0.29) is 24.0 Å². The zero-order chi connectivity index (χ0) is 16.5. The van der Waals surface area contributed by atoms with E-state index in [1.54, 1.807) is 25.1 Å². The molecule has 1 aromatic rings. The van der Waals surface area contributed by atoms with E-state index in [9.17, 15) is 8.78 Å². The summed E-state index contributed by atoms with van der Waals surface area (Å²) in [6.45, 7) is 4.09. The summed E-state index contributed by atoms with van der Waals surface area (Å²) < 4.78 is 35.0. The number of rotatable bonds is 8. The van der Waals surface area contributed by atoms with Gasteiger partial charge in [-0.15, -0.1) is 0 Å². The van der Waals surface area contributed by atoms with Gasteiger partial charge in [0.05, 0.1) is 13.2 Å². The number of para-hydroxylation sites is 1. The third-order valence-corrected chi connectivity index (χ3v) is 2.68. The van der Waals surface area contributed by atoms with E-state index >= 15 is 0 Å². The molecule has 3 N–H and O–H groups in total. The number of aliphatic imine (C=N–C) groups is 1. The Morgan fingerprint density at radius 1 is 1.36 bits per heavy atom. The summed E-state index contributed by atoms with van der Waals surface area (Å²) in [6.07, 6.45) is 0. The molecule has 7 heteroatoms. The molecule has 0 aliphatic heterocycles. The molecule has 0 aliphatic rings. The molecule has 124 valence electrons. The van der Waals surface area contributed by atoms with E-state index in [2.05, 4.69) is 15.0 Å². The van der Waals surface area contributed by atoms with Gasteiger partial charge in [0.25, 0.3) is 0 Å². The fourth-order valence-electron chi connectivity index (χ4n) is 1.71. The molecule has 0 aromatic heterocycles. The van der Waals surface area contributed by atoms with E-state index in [0.717, 1.165) is 0 Å². The van der Waals surface area contributed by atoms with E-state index in [0.29, 0.717) is 24.6 Å². The molecule has 0 heterocycles. The minimum Gasteiger partial charge on any atom is -0.490 e. The molecule has 0 atom stereocenters. The fraction of sp³-hybridized carbons (Fsp3) is 0.533. The van der Waals surface area contributed by atoms with Crippen LogP contribution < -0.4 is 20.5 Å². The van der Waals surface area contributed by atoms with Gasteiger partial charge >= 0.3 is 6.61 Å². The lowest BCUT2D eigenvalue weighted by Crippen LogP contribution is -2.34. The number of nitrogens with two attached hydrogens (primary N) is 1. The fourth-order valence-corrected chi connectivity index (χ4v) is 1.71. The van der Waals surface area contributed by atoms with E-state index in [1.165, 1.54) is 0 Å². The van der Waals surface area contributed by atoms with Crippen molar-refractivity contribution in [1.82, 2.24) is 5.32 Å². The Morgan fingerprint density at radius 2 is 2.09 bits per heavy atom. The number of nitrogens with one attached hydrogen (secondary N) is 1. The van der Waals surface area contributed by atoms with Crippen LogP contribution in [0.1, 0.15) is 26.3 Å². The number of ether oxygens (including phenoxy) is 2. The molecule has 0 amide bonds. The number of alkyl halides is 2. The Bertz CT molecular complexity index is 494. The second-order valence-corrected chi connectivity index (χ2v) is 5.03. The summed E-state index contributed by atoms with van der Waals surface area (Å²) in [5, 5.41) is 2.96. The van der Waals surface area contributed by atoms with Crippen molar-refractivity contribution in [3.63, 3.8) is 0 Å². The predicted octanol–water partition coefficient (Wildman–Crippen LogP) is 2.75. The highest BCUT2D eigenvalue weighted by atomic mass is 19.3. The molecular formula is C15H23F2N3O2. The van der Waals surface area contributed by atoms with Gasteiger partial charge in [-0.3, -0.25) is 0 Å². The molecule has 0 saturated carbocycles. The maximum absolute atomic E-state index is 12.6. The maximum atomic E-state index is 12.6. The Morgan fingerprint density at radius 3 is 2.68 bits per heavy atom. The molecule has 1 rings (SSSR count). The van der Waals surface area contributed by atoms with Crippen LogP contribution in [0.5, 0.6) is 11.5 Å². The molecule has 0 aliphatic carbocycles. The smallest absolute Gasteiger partial charge is 0.387 e. The Kier molecular flexibility index (Phi) is 7.42. The minimum absolute atomic E-state index is 0.000223. The first-order valence-electron chi connectivity index (χ1n) is 7.17. The highest BCUT2D eigenvalue weighted by molar-refractivity contribution is 5.77. The van der Waals surface area contributed by atoms with Crippen LogP contribution in [0, 0.1) is 5.92 Å². The number of halogens is 2. The van der Waals surface area contributed by atoms with Crippen molar-refractivity contribution in [2.45, 2.75) is 33.9 Å². The summed E-state index contributed by atoms with van der Waals surface area (Å²) in [5.74, 6) is 0.954. The van der Waals surface area contributed by atoms with Crippen LogP contribution in [0.3, 0.4) is 0 Å². The molecule has 22 heavy (non-hydrogen) atoms. The average molecular weight is 315 g/mol. The molecule has 0 unspecified atom stereocenters. The summed E-state index contributed by atoms with van der Waals surface area (Å²) >= 11 is 0. The highest BCUT2D eigenvalue weighted by Gasteiger charge is 2.15. The third kappa shape index (κ3) is 6.15. The van der Waals surface area contributed by atoms with E-state index < -0.39 is 6.61 Å². The van der Waals surface area contributed by atoms with Crippen LogP contribution in [0.25, 0.3) is 0 Å². The Balaban J connectivity index is 2.88. The number of hydrogen-bond donors (Lipinski definition) is 2. The van der Waals surface area contributed by atoms with Gasteiger partial charge in [-0.1, -0.05) is 26.0 Å². The van der Waals surface area contributed by atoms with Crippen molar-refractivity contribution in [3.8, 4) is 11.5 Å². The van der Waals surface area contributed by atoms with Gasteiger partial charge in [0.2, 0.25) is 0 Å². The molecule has 0 radical (unpaired) electrons. The topological polar surface area (TPSA) is 68.9 Å². The average Bonchev–Trinajstić information content (AvgIpc) is 2.45. The number of benzene rings is 1. The Labute approximate surface area is 129 Å². The van der Waals surface area contributed by atoms with Gasteiger partial charge in [-0.25, -0.2) is 4.99 Å². The van der Waals surface area contributed by atoms with Gasteiger partial charge in [-0.2, -0.15) is 8.78 Å². The first kappa shape index (κ1) is 18.0. The van der Waals surface area contributed by atoms with E-state index in [1.807, 2.05) is 13.8 Å². The largest absolute Gasteiger partial charge is 0.490 e. The molecule has 5 nitrogen and oxygen atoms in total. The van der Waals surface area contributed by atoms with Crippen molar-refractivity contribution in [2.75, 3.05) is 13.2 Å². The number of hydrogen-bond acceptors (Lipinski definition) is 3. The van der Waals surface area contributed by atoms with Gasteiger partial charge < -0.3 is 20.5 Å². The van der Waals surface area contributed by atoms with Crippen LogP contribution >= 0.6 is 0 Å². The quantitative estimate of drug-likeness (QED) is 0.572. The Hall–Kier alpha value is -2.05. The zero-order valence-electron chi connectivity index (χ0n) is 13.1. The normalized spacial score (nSPS) is 11.9. The van der Waals surface area contributed by atoms with E-state index in [4.69, 9.17) is 10.5 Å². The van der Waals surface area contributed by atoms with Crippen molar-refractivity contribution < 1.29 is 18.3 Å². The molecular weight excluding hydrogens is 292 g/mol. The lowest BCUT2D eigenvalue weighted by molar-refractivity contribution is -0.0520. The monoisotopic (exact) mass is 315 g/mol. The van der Waals surface area contributed by atoms with Crippen LogP contribution in [0.4, 0.5) is 8.78 Å². The number of nitrogens with zero attached hydrogens (tertiary/aromatic N) is 1. The van der Waals surface area contributed by atoms with Crippen molar-refractivity contribution in [1.29, 1.82) is 0 Å². The summed E-state index contributed by atoms with van der Waals surface area (Å²) in [5.41, 5.74) is 6.22. The number of guanidine groups is 1.